The summed E-state index contributed by atoms with van der Waals surface area (Å²) in [5.74, 6) is -0.297. The number of amides is 1. The summed E-state index contributed by atoms with van der Waals surface area (Å²) in [6.45, 7) is 1.91. The number of carbonyl (C=O) groups is 1. The Kier molecular flexibility index (Phi) is 4.85. The van der Waals surface area contributed by atoms with Crippen molar-refractivity contribution in [2.24, 2.45) is 4.99 Å². The van der Waals surface area contributed by atoms with Gasteiger partial charge in [-0.15, -0.1) is 0 Å². The molecule has 1 amide bonds. The Hall–Kier alpha value is -1.95. The van der Waals surface area contributed by atoms with E-state index in [2.05, 4.69) is 10.3 Å². The summed E-state index contributed by atoms with van der Waals surface area (Å²) in [6, 6.07) is 10.3. The predicted octanol–water partition coefficient (Wildman–Crippen LogP) is 4.90. The van der Waals surface area contributed by atoms with E-state index in [0.29, 0.717) is 26.3 Å². The van der Waals surface area contributed by atoms with Crippen LogP contribution in [-0.2, 0) is 4.79 Å². The van der Waals surface area contributed by atoms with Gasteiger partial charge >= 0.3 is 0 Å². The number of aromatic hydroxyl groups is 1. The van der Waals surface area contributed by atoms with E-state index < -0.39 is 0 Å². The van der Waals surface area contributed by atoms with Gasteiger partial charge in [-0.3, -0.25) is 4.79 Å². The van der Waals surface area contributed by atoms with Crippen LogP contribution in [0.3, 0.4) is 0 Å². The maximum atomic E-state index is 12.1. The number of nitrogens with zero attached hydrogens (tertiary/aromatic N) is 1. The van der Waals surface area contributed by atoms with Crippen LogP contribution >= 0.6 is 35.0 Å². The number of phenols is 1. The lowest BCUT2D eigenvalue weighted by Gasteiger charge is -2.01. The van der Waals surface area contributed by atoms with Gasteiger partial charge in [0.1, 0.15) is 5.75 Å². The number of nitrogens with one attached hydrogen (secondary N) is 1. The predicted molar refractivity (Wildman–Crippen MR) is 100 cm³/mol. The summed E-state index contributed by atoms with van der Waals surface area (Å²) in [4.78, 5) is 16.9. The van der Waals surface area contributed by atoms with Gasteiger partial charge in [-0.2, -0.15) is 0 Å². The van der Waals surface area contributed by atoms with Crippen LogP contribution in [-0.4, -0.2) is 16.2 Å². The quantitative estimate of drug-likeness (QED) is 0.730. The molecule has 3 rings (SSSR count). The first kappa shape index (κ1) is 16.9. The van der Waals surface area contributed by atoms with Crippen molar-refractivity contribution in [3.63, 3.8) is 0 Å². The van der Waals surface area contributed by atoms with Crippen molar-refractivity contribution < 1.29 is 9.90 Å². The number of carbonyl (C=O) groups excluding carboxylic acids is 1. The first-order valence-electron chi connectivity index (χ1n) is 6.97. The van der Waals surface area contributed by atoms with Gasteiger partial charge in [0.25, 0.3) is 5.91 Å². The average Bonchev–Trinajstić information content (AvgIpc) is 2.87. The lowest BCUT2D eigenvalue weighted by Crippen LogP contribution is -2.19. The molecule has 2 N–H and O–H groups in total. The van der Waals surface area contributed by atoms with Gasteiger partial charge in [-0.05, 0) is 54.1 Å². The third kappa shape index (κ3) is 3.59. The average molecular weight is 379 g/mol. The fourth-order valence-corrected chi connectivity index (χ4v) is 3.23. The molecule has 24 heavy (non-hydrogen) atoms. The molecule has 0 aliphatic carbocycles. The molecule has 4 nitrogen and oxygen atoms in total. The van der Waals surface area contributed by atoms with E-state index in [0.717, 1.165) is 5.56 Å². The summed E-state index contributed by atoms with van der Waals surface area (Å²) in [5.41, 5.74) is 2.18. The number of thioether (sulfide) groups is 1. The summed E-state index contributed by atoms with van der Waals surface area (Å²) in [7, 11) is 0. The maximum absolute atomic E-state index is 12.1. The molecule has 1 fully saturated rings. The number of aliphatic imine (C=N–C) groups is 1. The van der Waals surface area contributed by atoms with E-state index in [1.54, 1.807) is 24.3 Å². The third-order valence-electron chi connectivity index (χ3n) is 3.33. The van der Waals surface area contributed by atoms with Crippen LogP contribution in [0.4, 0.5) is 5.69 Å². The number of benzene rings is 2. The molecule has 0 radical (unpaired) electrons. The molecular weight excluding hydrogens is 367 g/mol. The first-order chi connectivity index (χ1) is 11.4. The van der Waals surface area contributed by atoms with Crippen molar-refractivity contribution in [2.75, 3.05) is 0 Å². The van der Waals surface area contributed by atoms with Crippen LogP contribution < -0.4 is 5.32 Å². The molecular formula is C17H12Cl2N2O2S. The Balaban J connectivity index is 1.88. The smallest absolute Gasteiger partial charge is 0.264 e. The number of halogens is 2. The first-order valence-corrected chi connectivity index (χ1v) is 8.54. The summed E-state index contributed by atoms with van der Waals surface area (Å²) in [5, 5.41) is 13.6. The molecule has 2 aromatic carbocycles. The van der Waals surface area contributed by atoms with Gasteiger partial charge in [0.15, 0.2) is 5.17 Å². The second-order valence-corrected chi connectivity index (χ2v) is 6.91. The largest absolute Gasteiger partial charge is 0.506 e. The maximum Gasteiger partial charge on any atom is 0.264 e. The highest BCUT2D eigenvalue weighted by molar-refractivity contribution is 8.18. The summed E-state index contributed by atoms with van der Waals surface area (Å²) >= 11 is 13.3. The number of amidine groups is 1. The van der Waals surface area contributed by atoms with E-state index >= 15 is 0 Å². The molecule has 1 saturated heterocycles. The topological polar surface area (TPSA) is 61.7 Å². The second kappa shape index (κ2) is 6.89. The zero-order chi connectivity index (χ0) is 17.3. The molecule has 0 bridgehead atoms. The van der Waals surface area contributed by atoms with Gasteiger partial charge in [0, 0.05) is 5.02 Å². The number of rotatable bonds is 2. The van der Waals surface area contributed by atoms with Gasteiger partial charge in [-0.25, -0.2) is 4.99 Å². The van der Waals surface area contributed by atoms with Gasteiger partial charge in [-0.1, -0.05) is 41.4 Å². The van der Waals surface area contributed by atoms with Gasteiger partial charge in [0.05, 0.1) is 15.6 Å². The molecule has 7 heteroatoms. The van der Waals surface area contributed by atoms with Crippen LogP contribution in [0.25, 0.3) is 6.08 Å². The number of aryl methyl sites for hydroxylation is 1. The molecule has 0 unspecified atom stereocenters. The SMILES string of the molecule is Cc1ccc(N=C2NC(=O)/C(=C/c3cccc(O)c3Cl)S2)cc1Cl. The molecule has 1 heterocycles. The fourth-order valence-electron chi connectivity index (χ4n) is 2.04. The molecule has 1 aliphatic rings. The Bertz CT molecular complexity index is 894. The molecule has 0 saturated carbocycles. The van der Waals surface area contributed by atoms with Crippen molar-refractivity contribution in [2.45, 2.75) is 6.92 Å². The Labute approximate surface area is 153 Å². The van der Waals surface area contributed by atoms with Crippen LogP contribution in [0.1, 0.15) is 11.1 Å². The summed E-state index contributed by atoms with van der Waals surface area (Å²) < 4.78 is 0. The van der Waals surface area contributed by atoms with Crippen molar-refractivity contribution >= 4 is 57.8 Å². The van der Waals surface area contributed by atoms with Crippen LogP contribution in [0, 0.1) is 6.92 Å². The highest BCUT2D eigenvalue weighted by atomic mass is 35.5. The lowest BCUT2D eigenvalue weighted by atomic mass is 10.2. The Morgan fingerprint density at radius 2 is 2.04 bits per heavy atom. The second-order valence-electron chi connectivity index (χ2n) is 5.10. The lowest BCUT2D eigenvalue weighted by molar-refractivity contribution is -0.115. The highest BCUT2D eigenvalue weighted by Gasteiger charge is 2.24. The normalized spacial score (nSPS) is 17.5. The minimum absolute atomic E-state index is 0.0300. The molecule has 0 atom stereocenters. The van der Waals surface area contributed by atoms with Gasteiger partial charge < -0.3 is 10.4 Å². The van der Waals surface area contributed by atoms with Crippen LogP contribution in [0.5, 0.6) is 5.75 Å². The van der Waals surface area contributed by atoms with E-state index in [1.165, 1.54) is 17.8 Å². The number of hydrogen-bond donors (Lipinski definition) is 2. The molecule has 2 aromatic rings. The van der Waals surface area contributed by atoms with E-state index in [-0.39, 0.29) is 16.7 Å². The Morgan fingerprint density at radius 1 is 1.25 bits per heavy atom. The zero-order valence-corrected chi connectivity index (χ0v) is 14.8. The standard InChI is InChI=1S/C17H12Cl2N2O2S/c1-9-5-6-11(8-12(9)18)20-17-21-16(23)14(24-17)7-10-3-2-4-13(22)15(10)19/h2-8,22H,1H3,(H,20,21,23)/b14-7-. The Morgan fingerprint density at radius 3 is 2.79 bits per heavy atom. The fraction of sp³-hybridized carbons (Fsp3) is 0.0588. The van der Waals surface area contributed by atoms with Crippen molar-refractivity contribution in [1.29, 1.82) is 0 Å². The van der Waals surface area contributed by atoms with Crippen LogP contribution in [0.15, 0.2) is 46.3 Å². The van der Waals surface area contributed by atoms with Crippen molar-refractivity contribution in [3.8, 4) is 5.75 Å². The van der Waals surface area contributed by atoms with Gasteiger partial charge in [0.2, 0.25) is 0 Å². The van der Waals surface area contributed by atoms with Crippen molar-refractivity contribution in [1.82, 2.24) is 5.32 Å². The molecule has 0 aromatic heterocycles. The van der Waals surface area contributed by atoms with E-state index in [1.807, 2.05) is 19.1 Å². The van der Waals surface area contributed by atoms with E-state index in [4.69, 9.17) is 23.2 Å². The highest BCUT2D eigenvalue weighted by Crippen LogP contribution is 2.33. The molecule has 1 aliphatic heterocycles. The number of hydrogen-bond acceptors (Lipinski definition) is 4. The minimum Gasteiger partial charge on any atom is -0.506 e. The minimum atomic E-state index is -0.267. The molecule has 0 spiro atoms. The van der Waals surface area contributed by atoms with Crippen molar-refractivity contribution in [3.05, 3.63) is 62.5 Å². The monoisotopic (exact) mass is 378 g/mol. The number of phenolic OH excluding ortho intramolecular Hbond substituents is 1. The third-order valence-corrected chi connectivity index (χ3v) is 5.06. The molecule has 122 valence electrons. The summed E-state index contributed by atoms with van der Waals surface area (Å²) in [6.07, 6.45) is 1.62. The van der Waals surface area contributed by atoms with E-state index in [9.17, 15) is 9.90 Å². The van der Waals surface area contributed by atoms with Crippen LogP contribution in [0.2, 0.25) is 10.0 Å². The zero-order valence-electron chi connectivity index (χ0n) is 12.5.